The van der Waals surface area contributed by atoms with E-state index in [1.165, 1.54) is 6.08 Å². The number of hydrogen-bond donors (Lipinski definition) is 1. The van der Waals surface area contributed by atoms with E-state index >= 15 is 0 Å². The molecule has 0 aromatic heterocycles. The zero-order chi connectivity index (χ0) is 10.7. The molecule has 0 aromatic carbocycles. The Morgan fingerprint density at radius 3 is 2.31 bits per heavy atom. The number of carboxylic acids is 1. The van der Waals surface area contributed by atoms with Crippen LogP contribution in [-0.2, 0) is 4.79 Å². The Hall–Kier alpha value is -1.31. The molecule has 0 aliphatic heterocycles. The SMILES string of the molecule is C=C/C(=C\C/C=C\C)C(=O)O.CC. The van der Waals surface area contributed by atoms with Crippen LogP contribution in [0, 0.1) is 0 Å². The van der Waals surface area contributed by atoms with Gasteiger partial charge in [-0.3, -0.25) is 0 Å². The molecule has 0 bridgehead atoms. The van der Waals surface area contributed by atoms with Gasteiger partial charge in [-0.2, -0.15) is 0 Å². The van der Waals surface area contributed by atoms with E-state index in [0.717, 1.165) is 0 Å². The molecule has 0 fully saturated rings. The third-order valence-electron chi connectivity index (χ3n) is 1.18. The molecule has 0 atom stereocenters. The van der Waals surface area contributed by atoms with Gasteiger partial charge in [0.1, 0.15) is 0 Å². The van der Waals surface area contributed by atoms with Gasteiger partial charge in [0, 0.05) is 0 Å². The minimum atomic E-state index is -0.926. The average Bonchev–Trinajstić information content (AvgIpc) is 2.15. The lowest BCUT2D eigenvalue weighted by Crippen LogP contribution is -1.96. The van der Waals surface area contributed by atoms with Gasteiger partial charge in [-0.15, -0.1) is 0 Å². The molecule has 74 valence electrons. The summed E-state index contributed by atoms with van der Waals surface area (Å²) in [6.07, 6.45) is 7.36. The highest BCUT2D eigenvalue weighted by molar-refractivity contribution is 5.89. The van der Waals surface area contributed by atoms with Crippen molar-refractivity contribution >= 4 is 5.97 Å². The molecule has 0 saturated carbocycles. The third-order valence-corrected chi connectivity index (χ3v) is 1.18. The van der Waals surface area contributed by atoms with E-state index in [-0.39, 0.29) is 5.57 Å². The van der Waals surface area contributed by atoms with Crippen LogP contribution < -0.4 is 0 Å². The number of allylic oxidation sites excluding steroid dienone is 3. The summed E-state index contributed by atoms with van der Waals surface area (Å²) < 4.78 is 0. The monoisotopic (exact) mass is 182 g/mol. The topological polar surface area (TPSA) is 37.3 Å². The molecule has 0 unspecified atom stereocenters. The average molecular weight is 182 g/mol. The summed E-state index contributed by atoms with van der Waals surface area (Å²) in [5.41, 5.74) is 0.253. The molecule has 1 N–H and O–H groups in total. The molecule has 0 aliphatic rings. The first-order valence-corrected chi connectivity index (χ1v) is 4.39. The van der Waals surface area contributed by atoms with Crippen molar-refractivity contribution in [3.8, 4) is 0 Å². The fourth-order valence-electron chi connectivity index (χ4n) is 0.589. The van der Waals surface area contributed by atoms with Crippen molar-refractivity contribution in [3.05, 3.63) is 36.5 Å². The second-order valence-corrected chi connectivity index (χ2v) is 1.97. The van der Waals surface area contributed by atoms with E-state index in [0.29, 0.717) is 6.42 Å². The fourth-order valence-corrected chi connectivity index (χ4v) is 0.589. The predicted octanol–water partition coefficient (Wildman–Crippen LogP) is 3.18. The van der Waals surface area contributed by atoms with Crippen LogP contribution in [0.25, 0.3) is 0 Å². The molecule has 0 aliphatic carbocycles. The van der Waals surface area contributed by atoms with E-state index in [2.05, 4.69) is 6.58 Å². The zero-order valence-corrected chi connectivity index (χ0v) is 8.58. The Labute approximate surface area is 80.3 Å². The van der Waals surface area contributed by atoms with Crippen molar-refractivity contribution in [1.82, 2.24) is 0 Å². The van der Waals surface area contributed by atoms with E-state index in [9.17, 15) is 4.79 Å². The molecule has 0 heterocycles. The van der Waals surface area contributed by atoms with E-state index < -0.39 is 5.97 Å². The Morgan fingerprint density at radius 2 is 2.00 bits per heavy atom. The maximum Gasteiger partial charge on any atom is 0.335 e. The van der Waals surface area contributed by atoms with Crippen LogP contribution in [0.5, 0.6) is 0 Å². The van der Waals surface area contributed by atoms with Gasteiger partial charge in [-0.1, -0.05) is 44.7 Å². The Morgan fingerprint density at radius 1 is 1.46 bits per heavy atom. The van der Waals surface area contributed by atoms with Crippen molar-refractivity contribution in [2.24, 2.45) is 0 Å². The molecular formula is C11H18O2. The van der Waals surface area contributed by atoms with Crippen LogP contribution in [-0.4, -0.2) is 11.1 Å². The number of carbonyl (C=O) groups is 1. The van der Waals surface area contributed by atoms with Gasteiger partial charge in [0.25, 0.3) is 0 Å². The van der Waals surface area contributed by atoms with Gasteiger partial charge in [0.05, 0.1) is 5.57 Å². The van der Waals surface area contributed by atoms with Gasteiger partial charge in [-0.05, 0) is 13.3 Å². The highest BCUT2D eigenvalue weighted by Crippen LogP contribution is 1.98. The lowest BCUT2D eigenvalue weighted by atomic mass is 10.2. The molecule has 13 heavy (non-hydrogen) atoms. The lowest BCUT2D eigenvalue weighted by Gasteiger charge is -1.90. The smallest absolute Gasteiger partial charge is 0.335 e. The van der Waals surface area contributed by atoms with E-state index in [1.807, 2.05) is 32.9 Å². The normalized spacial score (nSPS) is 10.5. The van der Waals surface area contributed by atoms with Crippen molar-refractivity contribution < 1.29 is 9.90 Å². The van der Waals surface area contributed by atoms with Crippen LogP contribution in [0.15, 0.2) is 36.5 Å². The summed E-state index contributed by atoms with van der Waals surface area (Å²) in [5.74, 6) is -0.926. The van der Waals surface area contributed by atoms with E-state index in [1.54, 1.807) is 6.08 Å². The van der Waals surface area contributed by atoms with Gasteiger partial charge < -0.3 is 5.11 Å². The first-order valence-electron chi connectivity index (χ1n) is 4.39. The summed E-state index contributed by atoms with van der Waals surface area (Å²) in [6, 6.07) is 0. The molecule has 0 spiro atoms. The van der Waals surface area contributed by atoms with Gasteiger partial charge in [0.15, 0.2) is 0 Å². The molecule has 0 amide bonds. The van der Waals surface area contributed by atoms with Crippen LogP contribution in [0.1, 0.15) is 27.2 Å². The molecule has 0 saturated heterocycles. The standard InChI is InChI=1S/C9H12O2.C2H6/c1-3-5-6-7-8(4-2)9(10)11;1-2/h3-5,7H,2,6H2,1H3,(H,10,11);1-2H3/b5-3-,8-7+;. The number of rotatable bonds is 4. The van der Waals surface area contributed by atoms with Crippen LogP contribution in [0.2, 0.25) is 0 Å². The summed E-state index contributed by atoms with van der Waals surface area (Å²) in [6.45, 7) is 9.28. The maximum atomic E-state index is 10.4. The Bertz CT molecular complexity index is 200. The predicted molar refractivity (Wildman–Crippen MR) is 56.7 cm³/mol. The fraction of sp³-hybridized carbons (Fsp3) is 0.364. The van der Waals surface area contributed by atoms with Crippen molar-refractivity contribution in [2.75, 3.05) is 0 Å². The zero-order valence-electron chi connectivity index (χ0n) is 8.58. The molecule has 0 radical (unpaired) electrons. The lowest BCUT2D eigenvalue weighted by molar-refractivity contribution is -0.132. The van der Waals surface area contributed by atoms with Crippen LogP contribution in [0.4, 0.5) is 0 Å². The molecule has 2 nitrogen and oxygen atoms in total. The minimum absolute atomic E-state index is 0.253. The first-order chi connectivity index (χ1) is 6.22. The highest BCUT2D eigenvalue weighted by atomic mass is 16.4. The number of hydrogen-bond acceptors (Lipinski definition) is 1. The second-order valence-electron chi connectivity index (χ2n) is 1.97. The molecule has 0 rings (SSSR count). The Kier molecular flexibility index (Phi) is 11.7. The summed E-state index contributed by atoms with van der Waals surface area (Å²) in [7, 11) is 0. The number of carboxylic acid groups (broad SMARTS) is 1. The van der Waals surface area contributed by atoms with Gasteiger partial charge >= 0.3 is 5.97 Å². The van der Waals surface area contributed by atoms with Gasteiger partial charge in [0.2, 0.25) is 0 Å². The number of aliphatic carboxylic acids is 1. The molecule has 0 aromatic rings. The first kappa shape index (κ1) is 14.2. The largest absolute Gasteiger partial charge is 0.478 e. The maximum absolute atomic E-state index is 10.4. The summed E-state index contributed by atoms with van der Waals surface area (Å²) >= 11 is 0. The summed E-state index contributed by atoms with van der Waals surface area (Å²) in [4.78, 5) is 10.4. The highest BCUT2D eigenvalue weighted by Gasteiger charge is 1.98. The van der Waals surface area contributed by atoms with Crippen LogP contribution >= 0.6 is 0 Å². The van der Waals surface area contributed by atoms with E-state index in [4.69, 9.17) is 5.11 Å². The van der Waals surface area contributed by atoms with Crippen LogP contribution in [0.3, 0.4) is 0 Å². The quantitative estimate of drug-likeness (QED) is 0.412. The summed E-state index contributed by atoms with van der Waals surface area (Å²) in [5, 5.41) is 8.51. The molecule has 2 heteroatoms. The Balaban J connectivity index is 0. The van der Waals surface area contributed by atoms with Gasteiger partial charge in [-0.25, -0.2) is 4.79 Å². The third kappa shape index (κ3) is 8.60. The second kappa shape index (κ2) is 10.7. The van der Waals surface area contributed by atoms with Crippen molar-refractivity contribution in [2.45, 2.75) is 27.2 Å². The van der Waals surface area contributed by atoms with Crippen molar-refractivity contribution in [1.29, 1.82) is 0 Å². The minimum Gasteiger partial charge on any atom is -0.478 e. The molecular weight excluding hydrogens is 164 g/mol. The van der Waals surface area contributed by atoms with Crippen molar-refractivity contribution in [3.63, 3.8) is 0 Å².